The lowest BCUT2D eigenvalue weighted by molar-refractivity contribution is 0.0744. The van der Waals surface area contributed by atoms with E-state index in [2.05, 4.69) is 4.98 Å². The maximum Gasteiger partial charge on any atom is 0.141 e. The van der Waals surface area contributed by atoms with Crippen LogP contribution in [0.3, 0.4) is 0 Å². The first-order chi connectivity index (χ1) is 8.79. The van der Waals surface area contributed by atoms with Crippen LogP contribution in [0.1, 0.15) is 6.92 Å². The Morgan fingerprint density at radius 3 is 3.06 bits per heavy atom. The highest BCUT2D eigenvalue weighted by molar-refractivity contribution is 5.79. The van der Waals surface area contributed by atoms with Crippen molar-refractivity contribution in [3.63, 3.8) is 0 Å². The fourth-order valence-corrected chi connectivity index (χ4v) is 1.56. The third-order valence-electron chi connectivity index (χ3n) is 2.48. The average Bonchev–Trinajstić information content (AvgIpc) is 2.43. The van der Waals surface area contributed by atoms with Crippen LogP contribution in [0.15, 0.2) is 36.5 Å². The number of ether oxygens (including phenoxy) is 2. The van der Waals surface area contributed by atoms with Crippen molar-refractivity contribution < 1.29 is 9.47 Å². The van der Waals surface area contributed by atoms with Gasteiger partial charge in [0.05, 0.1) is 18.2 Å². The second-order valence-corrected chi connectivity index (χ2v) is 3.85. The molecule has 0 aliphatic carbocycles. The second-order valence-electron chi connectivity index (χ2n) is 3.85. The Bertz CT molecular complexity index is 563. The molecule has 0 aliphatic heterocycles. The molecule has 0 fully saturated rings. The van der Waals surface area contributed by atoms with Gasteiger partial charge in [-0.1, -0.05) is 6.07 Å². The monoisotopic (exact) mass is 242 g/mol. The number of benzene rings is 1. The van der Waals surface area contributed by atoms with Crippen LogP contribution in [-0.4, -0.2) is 24.3 Å². The van der Waals surface area contributed by atoms with Crippen LogP contribution >= 0.6 is 0 Å². The normalized spacial score (nSPS) is 12.0. The predicted molar refractivity (Wildman–Crippen MR) is 68.3 cm³/mol. The van der Waals surface area contributed by atoms with Crippen molar-refractivity contribution in [2.75, 3.05) is 13.2 Å². The Kier molecular flexibility index (Phi) is 4.11. The Labute approximate surface area is 106 Å². The molecule has 0 N–H and O–H groups in total. The van der Waals surface area contributed by atoms with Crippen molar-refractivity contribution in [3.05, 3.63) is 36.5 Å². The lowest BCUT2D eigenvalue weighted by Gasteiger charge is -2.08. The number of pyridine rings is 1. The molecule has 4 nitrogen and oxygen atoms in total. The molecule has 4 heteroatoms. The maximum atomic E-state index is 8.55. The van der Waals surface area contributed by atoms with Gasteiger partial charge in [-0.05, 0) is 25.1 Å². The zero-order valence-corrected chi connectivity index (χ0v) is 10.2. The van der Waals surface area contributed by atoms with Gasteiger partial charge in [-0.15, -0.1) is 0 Å². The highest BCUT2D eigenvalue weighted by Gasteiger charge is 2.00. The van der Waals surface area contributed by atoms with Gasteiger partial charge in [0.1, 0.15) is 18.5 Å². The summed E-state index contributed by atoms with van der Waals surface area (Å²) in [5.74, 6) is 0.759. The minimum absolute atomic E-state index is 0.396. The summed E-state index contributed by atoms with van der Waals surface area (Å²) in [4.78, 5) is 4.26. The van der Waals surface area contributed by atoms with Crippen LogP contribution in [-0.2, 0) is 4.74 Å². The van der Waals surface area contributed by atoms with E-state index in [4.69, 9.17) is 14.7 Å². The molecule has 18 heavy (non-hydrogen) atoms. The molecule has 0 amide bonds. The van der Waals surface area contributed by atoms with E-state index in [1.165, 1.54) is 0 Å². The first kappa shape index (κ1) is 12.3. The predicted octanol–water partition coefficient (Wildman–Crippen LogP) is 2.54. The standard InChI is InChI=1S/C14H14N2O2/c1-11(10-15)17-7-8-18-13-5-4-12-3-2-6-16-14(12)9-13/h2-6,9,11H,7-8H2,1H3. The van der Waals surface area contributed by atoms with Crippen LogP contribution < -0.4 is 4.74 Å². The molecule has 2 aromatic rings. The van der Waals surface area contributed by atoms with Gasteiger partial charge >= 0.3 is 0 Å². The molecule has 2 rings (SSSR count). The molecule has 0 aliphatic rings. The van der Waals surface area contributed by atoms with E-state index in [9.17, 15) is 0 Å². The van der Waals surface area contributed by atoms with Gasteiger partial charge in [-0.25, -0.2) is 0 Å². The molecule has 1 aromatic heterocycles. The van der Waals surface area contributed by atoms with E-state index >= 15 is 0 Å². The first-order valence-electron chi connectivity index (χ1n) is 5.78. The molecular formula is C14H14N2O2. The van der Waals surface area contributed by atoms with Crippen molar-refractivity contribution in [1.29, 1.82) is 5.26 Å². The number of hydrogen-bond acceptors (Lipinski definition) is 4. The minimum Gasteiger partial charge on any atom is -0.491 e. The summed E-state index contributed by atoms with van der Waals surface area (Å²) in [6, 6.07) is 11.7. The molecule has 0 spiro atoms. The summed E-state index contributed by atoms with van der Waals surface area (Å²) < 4.78 is 10.7. The number of nitrogens with zero attached hydrogens (tertiary/aromatic N) is 2. The zero-order chi connectivity index (χ0) is 12.8. The number of hydrogen-bond donors (Lipinski definition) is 0. The number of fused-ring (bicyclic) bond motifs is 1. The summed E-state index contributed by atoms with van der Waals surface area (Å²) >= 11 is 0. The lowest BCUT2D eigenvalue weighted by atomic mass is 10.2. The number of rotatable bonds is 5. The van der Waals surface area contributed by atoms with Gasteiger partial charge in [-0.2, -0.15) is 5.26 Å². The second kappa shape index (κ2) is 5.99. The molecule has 1 heterocycles. The van der Waals surface area contributed by atoms with Gasteiger partial charge in [-0.3, -0.25) is 4.98 Å². The molecule has 0 saturated heterocycles. The van der Waals surface area contributed by atoms with Crippen LogP contribution in [0.5, 0.6) is 5.75 Å². The summed E-state index contributed by atoms with van der Waals surface area (Å²) in [7, 11) is 0. The van der Waals surface area contributed by atoms with E-state index in [1.54, 1.807) is 13.1 Å². The number of aromatic nitrogens is 1. The van der Waals surface area contributed by atoms with Gasteiger partial charge in [0.15, 0.2) is 0 Å². The van der Waals surface area contributed by atoms with Crippen molar-refractivity contribution in [2.24, 2.45) is 0 Å². The Hall–Kier alpha value is -2.12. The number of nitriles is 1. The van der Waals surface area contributed by atoms with E-state index < -0.39 is 6.10 Å². The van der Waals surface area contributed by atoms with Crippen LogP contribution in [0.4, 0.5) is 0 Å². The summed E-state index contributed by atoms with van der Waals surface area (Å²) in [6.45, 7) is 2.53. The average molecular weight is 242 g/mol. The van der Waals surface area contributed by atoms with Crippen molar-refractivity contribution in [3.8, 4) is 11.8 Å². The molecule has 1 atom stereocenters. The van der Waals surface area contributed by atoms with Gasteiger partial charge in [0.25, 0.3) is 0 Å². The highest BCUT2D eigenvalue weighted by atomic mass is 16.5. The molecule has 0 saturated carbocycles. The van der Waals surface area contributed by atoms with E-state index in [1.807, 2.05) is 36.4 Å². The van der Waals surface area contributed by atoms with Gasteiger partial charge in [0, 0.05) is 17.6 Å². The smallest absolute Gasteiger partial charge is 0.141 e. The highest BCUT2D eigenvalue weighted by Crippen LogP contribution is 2.18. The third kappa shape index (κ3) is 3.19. The Morgan fingerprint density at radius 2 is 2.22 bits per heavy atom. The van der Waals surface area contributed by atoms with E-state index in [0.717, 1.165) is 16.7 Å². The Balaban J connectivity index is 1.90. The van der Waals surface area contributed by atoms with Crippen LogP contribution in [0, 0.1) is 11.3 Å². The molecule has 92 valence electrons. The van der Waals surface area contributed by atoms with Gasteiger partial charge in [0.2, 0.25) is 0 Å². The van der Waals surface area contributed by atoms with Crippen molar-refractivity contribution >= 4 is 10.9 Å². The van der Waals surface area contributed by atoms with Crippen LogP contribution in [0.2, 0.25) is 0 Å². The summed E-state index contributed by atoms with van der Waals surface area (Å²) in [5, 5.41) is 9.63. The van der Waals surface area contributed by atoms with Gasteiger partial charge < -0.3 is 9.47 Å². The fraction of sp³-hybridized carbons (Fsp3) is 0.286. The third-order valence-corrected chi connectivity index (χ3v) is 2.48. The molecule has 1 unspecified atom stereocenters. The summed E-state index contributed by atoms with van der Waals surface area (Å²) in [5.41, 5.74) is 0.904. The topological polar surface area (TPSA) is 55.1 Å². The first-order valence-corrected chi connectivity index (χ1v) is 5.78. The maximum absolute atomic E-state index is 8.55. The SMILES string of the molecule is CC(C#N)OCCOc1ccc2cccnc2c1. The Morgan fingerprint density at radius 1 is 1.33 bits per heavy atom. The van der Waals surface area contributed by atoms with Crippen LogP contribution in [0.25, 0.3) is 10.9 Å². The quantitative estimate of drug-likeness (QED) is 0.756. The van der Waals surface area contributed by atoms with E-state index in [0.29, 0.717) is 13.2 Å². The molecule has 0 radical (unpaired) electrons. The zero-order valence-electron chi connectivity index (χ0n) is 10.2. The molecule has 0 bridgehead atoms. The minimum atomic E-state index is -0.396. The lowest BCUT2D eigenvalue weighted by Crippen LogP contribution is -2.12. The molecular weight excluding hydrogens is 228 g/mol. The largest absolute Gasteiger partial charge is 0.491 e. The van der Waals surface area contributed by atoms with E-state index in [-0.39, 0.29) is 0 Å². The molecule has 1 aromatic carbocycles. The van der Waals surface area contributed by atoms with Crippen molar-refractivity contribution in [2.45, 2.75) is 13.0 Å². The summed E-state index contributed by atoms with van der Waals surface area (Å²) in [6.07, 6.45) is 1.36. The fourth-order valence-electron chi connectivity index (χ4n) is 1.56. The van der Waals surface area contributed by atoms with Crippen molar-refractivity contribution in [1.82, 2.24) is 4.98 Å².